The second kappa shape index (κ2) is 10.1. The summed E-state index contributed by atoms with van der Waals surface area (Å²) in [6.07, 6.45) is 0. The zero-order chi connectivity index (χ0) is 22.3. The summed E-state index contributed by atoms with van der Waals surface area (Å²) in [4.78, 5) is 27.1. The Morgan fingerprint density at radius 1 is 1.06 bits per heavy atom. The first-order valence-corrected chi connectivity index (χ1v) is 10.4. The molecular weight excluding hydrogens is 408 g/mol. The predicted octanol–water partition coefficient (Wildman–Crippen LogP) is 2.26. The number of carbonyl (C=O) groups excluding carboxylic acids is 1. The van der Waals surface area contributed by atoms with Gasteiger partial charge in [-0.3, -0.25) is 9.69 Å². The summed E-state index contributed by atoms with van der Waals surface area (Å²) in [5, 5.41) is 3.46. The van der Waals surface area contributed by atoms with Gasteiger partial charge in [-0.2, -0.15) is 0 Å². The van der Waals surface area contributed by atoms with Gasteiger partial charge in [-0.05, 0) is 48.5 Å². The summed E-state index contributed by atoms with van der Waals surface area (Å²) in [5.74, 6) is 6.47. The molecule has 0 unspecified atom stereocenters. The van der Waals surface area contributed by atoms with Crippen LogP contribution < -0.4 is 15.7 Å². The number of amides is 1. The Balaban J connectivity index is 1.45. The van der Waals surface area contributed by atoms with E-state index >= 15 is 0 Å². The van der Waals surface area contributed by atoms with Gasteiger partial charge in [0.05, 0.1) is 20.3 Å². The Bertz CT molecular complexity index is 1220. The smallest absolute Gasteiger partial charge is 0.349 e. The Morgan fingerprint density at radius 3 is 2.53 bits per heavy atom. The first-order chi connectivity index (χ1) is 15.6. The second-order valence-corrected chi connectivity index (χ2v) is 7.39. The minimum Gasteiger partial charge on any atom is -0.497 e. The van der Waals surface area contributed by atoms with Gasteiger partial charge in [0.25, 0.3) is 5.91 Å². The molecule has 0 saturated carbocycles. The number of rotatable bonds is 5. The Morgan fingerprint density at radius 2 is 1.78 bits per heavy atom. The molecule has 2 heterocycles. The fraction of sp³-hybridized carbons (Fsp3) is 0.280. The highest BCUT2D eigenvalue weighted by molar-refractivity contribution is 5.96. The average molecular weight is 432 g/mol. The van der Waals surface area contributed by atoms with Crippen LogP contribution in [0.5, 0.6) is 5.75 Å². The SMILES string of the molecule is COc1ccc(C#Cc2ccc3cc(C(=O)NCCN4CCOCC4)c(=O)oc3c2)cc1. The molecule has 0 radical (unpaired) electrons. The van der Waals surface area contributed by atoms with Crippen molar-refractivity contribution in [1.82, 2.24) is 10.2 Å². The highest BCUT2D eigenvalue weighted by Crippen LogP contribution is 2.16. The first kappa shape index (κ1) is 21.6. The van der Waals surface area contributed by atoms with Crippen LogP contribution in [0.15, 0.2) is 57.7 Å². The van der Waals surface area contributed by atoms with E-state index in [1.54, 1.807) is 25.3 Å². The number of ether oxygens (including phenoxy) is 2. The van der Waals surface area contributed by atoms with Gasteiger partial charge in [0.2, 0.25) is 0 Å². The van der Waals surface area contributed by atoms with Gasteiger partial charge in [0.1, 0.15) is 16.9 Å². The quantitative estimate of drug-likeness (QED) is 0.492. The maximum Gasteiger partial charge on any atom is 0.349 e. The number of benzene rings is 2. The molecule has 0 aliphatic carbocycles. The molecule has 1 N–H and O–H groups in total. The maximum absolute atomic E-state index is 12.5. The van der Waals surface area contributed by atoms with E-state index in [0.717, 1.165) is 24.4 Å². The summed E-state index contributed by atoms with van der Waals surface area (Å²) < 4.78 is 15.9. The molecule has 1 fully saturated rings. The van der Waals surface area contributed by atoms with Crippen LogP contribution >= 0.6 is 0 Å². The maximum atomic E-state index is 12.5. The molecule has 0 spiro atoms. The van der Waals surface area contributed by atoms with E-state index < -0.39 is 11.5 Å². The van der Waals surface area contributed by atoms with Crippen LogP contribution in [0.1, 0.15) is 21.5 Å². The largest absolute Gasteiger partial charge is 0.497 e. The van der Waals surface area contributed by atoms with E-state index in [2.05, 4.69) is 22.1 Å². The summed E-state index contributed by atoms with van der Waals surface area (Å²) >= 11 is 0. The van der Waals surface area contributed by atoms with Crippen molar-refractivity contribution in [2.75, 3.05) is 46.5 Å². The van der Waals surface area contributed by atoms with Gasteiger partial charge in [-0.25, -0.2) is 4.79 Å². The molecule has 32 heavy (non-hydrogen) atoms. The molecule has 1 aromatic heterocycles. The van der Waals surface area contributed by atoms with Crippen molar-refractivity contribution in [1.29, 1.82) is 0 Å². The highest BCUT2D eigenvalue weighted by Gasteiger charge is 2.15. The lowest BCUT2D eigenvalue weighted by Gasteiger charge is -2.26. The third-order valence-electron chi connectivity index (χ3n) is 5.24. The average Bonchev–Trinajstić information content (AvgIpc) is 2.83. The van der Waals surface area contributed by atoms with E-state index in [0.29, 0.717) is 42.8 Å². The minimum absolute atomic E-state index is 0.00320. The highest BCUT2D eigenvalue weighted by atomic mass is 16.5. The number of hydrogen-bond acceptors (Lipinski definition) is 6. The van der Waals surface area contributed by atoms with Crippen LogP contribution in [0.2, 0.25) is 0 Å². The van der Waals surface area contributed by atoms with Crippen LogP contribution in [0, 0.1) is 11.8 Å². The number of carbonyl (C=O) groups is 1. The first-order valence-electron chi connectivity index (χ1n) is 10.4. The van der Waals surface area contributed by atoms with Gasteiger partial charge >= 0.3 is 5.63 Å². The Hall–Kier alpha value is -3.60. The zero-order valence-electron chi connectivity index (χ0n) is 17.8. The lowest BCUT2D eigenvalue weighted by Crippen LogP contribution is -2.41. The topological polar surface area (TPSA) is 81.0 Å². The lowest BCUT2D eigenvalue weighted by molar-refractivity contribution is 0.0383. The van der Waals surface area contributed by atoms with Gasteiger partial charge < -0.3 is 19.2 Å². The van der Waals surface area contributed by atoms with Crippen molar-refractivity contribution < 1.29 is 18.7 Å². The van der Waals surface area contributed by atoms with Crippen LogP contribution in [0.25, 0.3) is 11.0 Å². The third-order valence-corrected chi connectivity index (χ3v) is 5.24. The fourth-order valence-corrected chi connectivity index (χ4v) is 3.41. The summed E-state index contributed by atoms with van der Waals surface area (Å²) in [7, 11) is 1.62. The monoisotopic (exact) mass is 432 g/mol. The number of morpholine rings is 1. The van der Waals surface area contributed by atoms with Gasteiger partial charge in [-0.1, -0.05) is 11.8 Å². The minimum atomic E-state index is -0.665. The normalized spacial score (nSPS) is 13.9. The summed E-state index contributed by atoms with van der Waals surface area (Å²) in [5.41, 5.74) is 1.27. The van der Waals surface area contributed by atoms with Crippen molar-refractivity contribution >= 4 is 16.9 Å². The summed E-state index contributed by atoms with van der Waals surface area (Å²) in [6.45, 7) is 4.26. The van der Waals surface area contributed by atoms with Crippen molar-refractivity contribution in [3.8, 4) is 17.6 Å². The molecule has 1 saturated heterocycles. The van der Waals surface area contributed by atoms with E-state index in [4.69, 9.17) is 13.9 Å². The van der Waals surface area contributed by atoms with E-state index in [1.165, 1.54) is 0 Å². The van der Waals surface area contributed by atoms with Crippen LogP contribution in [-0.4, -0.2) is 57.3 Å². The van der Waals surface area contributed by atoms with E-state index in [-0.39, 0.29) is 5.56 Å². The molecule has 4 rings (SSSR count). The Labute approximate surface area is 185 Å². The van der Waals surface area contributed by atoms with E-state index in [1.807, 2.05) is 30.3 Å². The third kappa shape index (κ3) is 5.35. The van der Waals surface area contributed by atoms with Crippen molar-refractivity contribution in [3.05, 3.63) is 75.6 Å². The molecule has 0 bridgehead atoms. The zero-order valence-corrected chi connectivity index (χ0v) is 17.8. The van der Waals surface area contributed by atoms with Crippen molar-refractivity contribution in [3.63, 3.8) is 0 Å². The Kier molecular flexibility index (Phi) is 6.85. The number of methoxy groups -OCH3 is 1. The second-order valence-electron chi connectivity index (χ2n) is 7.39. The van der Waals surface area contributed by atoms with Crippen LogP contribution in [0.4, 0.5) is 0 Å². The number of fused-ring (bicyclic) bond motifs is 1. The van der Waals surface area contributed by atoms with Gasteiger partial charge in [0, 0.05) is 42.7 Å². The summed E-state index contributed by atoms with van der Waals surface area (Å²) in [6, 6.07) is 14.3. The molecule has 3 aromatic rings. The van der Waals surface area contributed by atoms with Crippen molar-refractivity contribution in [2.24, 2.45) is 0 Å². The molecular formula is C25H24N2O5. The molecule has 7 heteroatoms. The molecule has 0 atom stereocenters. The predicted molar refractivity (Wildman–Crippen MR) is 121 cm³/mol. The molecule has 1 aliphatic rings. The van der Waals surface area contributed by atoms with Gasteiger partial charge in [-0.15, -0.1) is 0 Å². The van der Waals surface area contributed by atoms with Gasteiger partial charge in [0.15, 0.2) is 0 Å². The van der Waals surface area contributed by atoms with E-state index in [9.17, 15) is 9.59 Å². The molecule has 2 aromatic carbocycles. The number of nitrogens with one attached hydrogen (secondary N) is 1. The number of hydrogen-bond donors (Lipinski definition) is 1. The molecule has 7 nitrogen and oxygen atoms in total. The molecule has 1 aliphatic heterocycles. The fourth-order valence-electron chi connectivity index (χ4n) is 3.41. The molecule has 164 valence electrons. The standard InChI is InChI=1S/C25H24N2O5/c1-30-21-8-5-18(6-9-21)2-3-19-4-7-20-17-22(25(29)32-23(20)16-19)24(28)26-10-11-27-12-14-31-15-13-27/h4-9,16-17H,10-15H2,1H3,(H,26,28). The van der Waals surface area contributed by atoms with Crippen LogP contribution in [-0.2, 0) is 4.74 Å². The van der Waals surface area contributed by atoms with Crippen LogP contribution in [0.3, 0.4) is 0 Å². The lowest BCUT2D eigenvalue weighted by atomic mass is 10.1. The van der Waals surface area contributed by atoms with Crippen molar-refractivity contribution in [2.45, 2.75) is 0 Å². The molecule has 1 amide bonds. The number of nitrogens with zero attached hydrogens (tertiary/aromatic N) is 1.